The van der Waals surface area contributed by atoms with Gasteiger partial charge in [-0.15, -0.1) is 0 Å². The number of methoxy groups -OCH3 is 2. The third-order valence-corrected chi connectivity index (χ3v) is 9.26. The highest BCUT2D eigenvalue weighted by molar-refractivity contribution is 5.82. The summed E-state index contributed by atoms with van der Waals surface area (Å²) in [5, 5.41) is 26.2. The van der Waals surface area contributed by atoms with Crippen molar-refractivity contribution in [1.29, 1.82) is 0 Å². The minimum absolute atomic E-state index is 0.0134. The Kier molecular flexibility index (Phi) is 8.05. The Hall–Kier alpha value is -5.32. The van der Waals surface area contributed by atoms with Gasteiger partial charge >= 0.3 is 0 Å². The smallest absolute Gasteiger partial charge is 0.208 e. The third kappa shape index (κ3) is 5.77. The number of hydrogen-bond acceptors (Lipinski definition) is 7. The fraction of sp³-hybridized carbons (Fsp3) is 0.333. The molecule has 2 N–H and O–H groups in total. The molecule has 0 saturated carbocycles. The molecule has 2 aliphatic heterocycles. The second-order valence-corrected chi connectivity index (χ2v) is 12.4. The molecule has 2 aliphatic carbocycles. The van der Waals surface area contributed by atoms with Crippen molar-refractivity contribution in [2.75, 3.05) is 33.2 Å². The van der Waals surface area contributed by atoms with Gasteiger partial charge in [0.2, 0.25) is 12.4 Å². The predicted molar refractivity (Wildman–Crippen MR) is 180 cm³/mol. The average molecular weight is 638 g/mol. The van der Waals surface area contributed by atoms with Gasteiger partial charge < -0.3 is 44.2 Å². The predicted octanol–water partition coefficient (Wildman–Crippen LogP) is 5.46. The molecule has 0 radical (unpaired) electrons. The van der Waals surface area contributed by atoms with Crippen LogP contribution in [0.15, 0.2) is 77.9 Å². The van der Waals surface area contributed by atoms with E-state index in [2.05, 4.69) is 6.92 Å². The molecule has 3 aromatic rings. The molecule has 47 heavy (non-hydrogen) atoms. The van der Waals surface area contributed by atoms with Gasteiger partial charge in [-0.3, -0.25) is 0 Å². The van der Waals surface area contributed by atoms with Crippen LogP contribution in [0.4, 0.5) is 5.69 Å². The Morgan fingerprint density at radius 2 is 1.30 bits per heavy atom. The highest BCUT2D eigenvalue weighted by Crippen LogP contribution is 2.40. The minimum Gasteiger partial charge on any atom is -0.618 e. The SMILES string of the molecule is COc1c(OCCCOc2cn3c(c2OC)C=[N+]([O-])C2=CC=C(c4ccc(N)cc4)CC2C3)cn2c1C=[N+]([O-])C1=CC=C(C)CC1C2. The van der Waals surface area contributed by atoms with E-state index in [4.69, 9.17) is 24.7 Å². The van der Waals surface area contributed by atoms with Gasteiger partial charge in [-0.1, -0.05) is 29.9 Å². The van der Waals surface area contributed by atoms with Crippen LogP contribution in [-0.4, -0.2) is 58.5 Å². The first-order valence-corrected chi connectivity index (χ1v) is 15.9. The van der Waals surface area contributed by atoms with E-state index in [-0.39, 0.29) is 11.8 Å². The fourth-order valence-electron chi connectivity index (χ4n) is 6.92. The second kappa shape index (κ2) is 12.5. The van der Waals surface area contributed by atoms with E-state index < -0.39 is 0 Å². The van der Waals surface area contributed by atoms with Crippen molar-refractivity contribution >= 4 is 23.7 Å². The molecule has 0 saturated heterocycles. The maximum Gasteiger partial charge on any atom is 0.208 e. The van der Waals surface area contributed by atoms with Crippen LogP contribution in [-0.2, 0) is 13.1 Å². The number of allylic oxidation sites excluding steroid dienone is 8. The number of hydroxylamine groups is 2. The van der Waals surface area contributed by atoms with Crippen molar-refractivity contribution < 1.29 is 28.4 Å². The maximum atomic E-state index is 13.2. The van der Waals surface area contributed by atoms with Crippen LogP contribution in [0.5, 0.6) is 23.0 Å². The second-order valence-electron chi connectivity index (χ2n) is 12.4. The highest BCUT2D eigenvalue weighted by atomic mass is 16.5. The number of aromatic nitrogens is 2. The quantitative estimate of drug-likeness (QED) is 0.143. The molecule has 2 aromatic heterocycles. The zero-order valence-corrected chi connectivity index (χ0v) is 26.8. The summed E-state index contributed by atoms with van der Waals surface area (Å²) in [7, 11) is 3.17. The van der Waals surface area contributed by atoms with E-state index in [1.54, 1.807) is 26.6 Å². The van der Waals surface area contributed by atoms with Gasteiger partial charge in [0.05, 0.1) is 51.7 Å². The van der Waals surface area contributed by atoms with E-state index in [1.165, 1.54) is 5.57 Å². The number of fused-ring (bicyclic) bond motifs is 4. The zero-order chi connectivity index (χ0) is 32.7. The summed E-state index contributed by atoms with van der Waals surface area (Å²) >= 11 is 0. The van der Waals surface area contributed by atoms with E-state index >= 15 is 0 Å². The van der Waals surface area contributed by atoms with Gasteiger partial charge in [0.25, 0.3) is 0 Å². The fourth-order valence-corrected chi connectivity index (χ4v) is 6.92. The Morgan fingerprint density at radius 1 is 0.766 bits per heavy atom. The van der Waals surface area contributed by atoms with Crippen molar-refractivity contribution in [2.24, 2.45) is 11.8 Å². The monoisotopic (exact) mass is 637 g/mol. The molecule has 11 heteroatoms. The molecule has 11 nitrogen and oxygen atoms in total. The largest absolute Gasteiger partial charge is 0.618 e. The normalized spacial score (nSPS) is 19.9. The van der Waals surface area contributed by atoms with E-state index in [9.17, 15) is 10.4 Å². The third-order valence-electron chi connectivity index (χ3n) is 9.26. The summed E-state index contributed by atoms with van der Waals surface area (Å²) in [6.07, 6.45) is 17.0. The number of rotatable bonds is 9. The van der Waals surface area contributed by atoms with Crippen molar-refractivity contribution in [3.63, 3.8) is 0 Å². The molecule has 1 aromatic carbocycles. The first-order valence-electron chi connectivity index (χ1n) is 15.9. The van der Waals surface area contributed by atoms with E-state index in [0.29, 0.717) is 67.1 Å². The minimum atomic E-state index is -0.0134. The molecular formula is C36H39N5O6. The van der Waals surface area contributed by atoms with Crippen molar-refractivity contribution in [1.82, 2.24) is 9.13 Å². The number of benzene rings is 1. The highest BCUT2D eigenvalue weighted by Gasteiger charge is 2.34. The number of nitrogen functional groups attached to an aromatic ring is 1. The number of hydrogen-bond donors (Lipinski definition) is 1. The maximum absolute atomic E-state index is 13.2. The Labute approximate surface area is 273 Å². The summed E-state index contributed by atoms with van der Waals surface area (Å²) in [5.41, 5.74) is 13.0. The van der Waals surface area contributed by atoms with Crippen molar-refractivity contribution in [3.8, 4) is 23.0 Å². The molecule has 244 valence electrons. The van der Waals surface area contributed by atoms with Crippen LogP contribution in [0, 0.1) is 22.3 Å². The van der Waals surface area contributed by atoms with Crippen LogP contribution in [0.25, 0.3) is 5.57 Å². The number of nitrogens with zero attached hydrogens (tertiary/aromatic N) is 4. The molecule has 0 spiro atoms. The zero-order valence-electron chi connectivity index (χ0n) is 26.8. The van der Waals surface area contributed by atoms with Gasteiger partial charge in [-0.2, -0.15) is 9.48 Å². The van der Waals surface area contributed by atoms with Crippen LogP contribution in [0.2, 0.25) is 0 Å². The molecule has 0 amide bonds. The van der Waals surface area contributed by atoms with Gasteiger partial charge in [0.15, 0.2) is 45.8 Å². The van der Waals surface area contributed by atoms with E-state index in [0.717, 1.165) is 50.5 Å². The summed E-state index contributed by atoms with van der Waals surface area (Å²) < 4.78 is 29.7. The molecule has 4 heterocycles. The van der Waals surface area contributed by atoms with Gasteiger partial charge in [0, 0.05) is 37.3 Å². The van der Waals surface area contributed by atoms with E-state index in [1.807, 2.05) is 70.1 Å². The first-order chi connectivity index (χ1) is 22.8. The molecule has 2 atom stereocenters. The summed E-state index contributed by atoms with van der Waals surface area (Å²) in [4.78, 5) is 0. The van der Waals surface area contributed by atoms with Crippen LogP contribution < -0.4 is 24.7 Å². The molecule has 0 fully saturated rings. The Balaban J connectivity index is 1.01. The summed E-state index contributed by atoms with van der Waals surface area (Å²) in [5.74, 6) is 2.30. The van der Waals surface area contributed by atoms with Crippen molar-refractivity contribution in [3.05, 3.63) is 105 Å². The number of nitrogens with two attached hydrogens (primary N) is 1. The lowest BCUT2D eigenvalue weighted by Crippen LogP contribution is -2.19. The Morgan fingerprint density at radius 3 is 1.85 bits per heavy atom. The first kappa shape index (κ1) is 30.3. The molecule has 4 aliphatic rings. The lowest BCUT2D eigenvalue weighted by Gasteiger charge is -2.22. The van der Waals surface area contributed by atoms with Gasteiger partial charge in [-0.25, -0.2) is 0 Å². The molecule has 7 rings (SSSR count). The average Bonchev–Trinajstić information content (AvgIpc) is 3.46. The lowest BCUT2D eigenvalue weighted by molar-refractivity contribution is -0.405. The number of ether oxygens (including phenoxy) is 4. The standard InChI is InChI=1S/C36H39N5O6/c1-23-5-11-29-26(15-23)17-38-21-33(35(44-2)31(38)19-40(29)42)46-13-4-14-47-34-22-39-18-27-16-25(24-6-9-28(37)10-7-24)8-12-30(27)41(43)20-32(39)36(34)45-3/h5-12,19-22,26-27H,4,13-18,37H2,1-3H3. The number of anilines is 1. The lowest BCUT2D eigenvalue weighted by atomic mass is 9.87. The molecule has 2 unspecified atom stereocenters. The van der Waals surface area contributed by atoms with Gasteiger partial charge in [0.1, 0.15) is 0 Å². The summed E-state index contributed by atoms with van der Waals surface area (Å²) in [6, 6.07) is 7.82. The Bertz CT molecular complexity index is 1890. The van der Waals surface area contributed by atoms with Gasteiger partial charge in [-0.05, 0) is 43.0 Å². The topological polar surface area (TPSA) is 125 Å². The van der Waals surface area contributed by atoms with Crippen LogP contribution in [0.1, 0.15) is 43.1 Å². The molecule has 0 bridgehead atoms. The van der Waals surface area contributed by atoms with Crippen LogP contribution in [0.3, 0.4) is 0 Å². The molecular weight excluding hydrogens is 598 g/mol. The summed E-state index contributed by atoms with van der Waals surface area (Å²) in [6.45, 7) is 4.11. The van der Waals surface area contributed by atoms with Crippen molar-refractivity contribution in [2.45, 2.75) is 39.3 Å². The van der Waals surface area contributed by atoms with Crippen LogP contribution >= 0.6 is 0 Å².